The number of aldehydes is 1. The zero-order valence-corrected chi connectivity index (χ0v) is 7.04. The van der Waals surface area contributed by atoms with E-state index >= 15 is 0 Å². The molecule has 1 aromatic rings. The van der Waals surface area contributed by atoms with Gasteiger partial charge in [-0.3, -0.25) is 4.79 Å². The van der Waals surface area contributed by atoms with Crippen LogP contribution in [0.4, 0.5) is 5.69 Å². The highest BCUT2D eigenvalue weighted by atomic mass is 79.9. The van der Waals surface area contributed by atoms with Gasteiger partial charge >= 0.3 is 0 Å². The lowest BCUT2D eigenvalue weighted by atomic mass is 10.2. The van der Waals surface area contributed by atoms with E-state index in [1.807, 2.05) is 0 Å². The van der Waals surface area contributed by atoms with E-state index in [9.17, 15) is 9.70 Å². The Labute approximate surface area is 71.5 Å². The molecule has 0 saturated carbocycles. The maximum absolute atomic E-state index is 10.3. The SMILES string of the molecule is O=Cc1ccc(Br)cc1N=O. The maximum Gasteiger partial charge on any atom is 0.152 e. The van der Waals surface area contributed by atoms with Gasteiger partial charge in [0.25, 0.3) is 0 Å². The zero-order valence-electron chi connectivity index (χ0n) is 5.45. The van der Waals surface area contributed by atoms with Crippen molar-refractivity contribution in [3.05, 3.63) is 33.1 Å². The number of benzene rings is 1. The fourth-order valence-corrected chi connectivity index (χ4v) is 1.04. The molecule has 0 aromatic heterocycles. The first-order chi connectivity index (χ1) is 5.27. The van der Waals surface area contributed by atoms with Crippen molar-refractivity contribution in [2.24, 2.45) is 5.18 Å². The molecule has 0 fully saturated rings. The third-order valence-corrected chi connectivity index (χ3v) is 1.71. The van der Waals surface area contributed by atoms with E-state index in [4.69, 9.17) is 0 Å². The molecule has 0 radical (unpaired) electrons. The van der Waals surface area contributed by atoms with Gasteiger partial charge in [-0.15, -0.1) is 4.91 Å². The monoisotopic (exact) mass is 213 g/mol. The Kier molecular flexibility index (Phi) is 2.48. The minimum Gasteiger partial charge on any atom is -0.298 e. The molecule has 0 atom stereocenters. The molecule has 0 spiro atoms. The summed E-state index contributed by atoms with van der Waals surface area (Å²) in [5.74, 6) is 0. The second-order valence-electron chi connectivity index (χ2n) is 1.91. The van der Waals surface area contributed by atoms with Gasteiger partial charge in [0.05, 0.1) is 0 Å². The fourth-order valence-electron chi connectivity index (χ4n) is 0.696. The predicted molar refractivity (Wildman–Crippen MR) is 45.0 cm³/mol. The van der Waals surface area contributed by atoms with Gasteiger partial charge in [0.2, 0.25) is 0 Å². The fraction of sp³-hybridized carbons (Fsp3) is 0. The smallest absolute Gasteiger partial charge is 0.152 e. The van der Waals surface area contributed by atoms with E-state index in [1.165, 1.54) is 12.1 Å². The molecule has 0 aliphatic rings. The van der Waals surface area contributed by atoms with Gasteiger partial charge in [-0.1, -0.05) is 15.9 Å². The van der Waals surface area contributed by atoms with Gasteiger partial charge in [-0.05, 0) is 23.4 Å². The van der Waals surface area contributed by atoms with E-state index in [0.717, 1.165) is 4.47 Å². The van der Waals surface area contributed by atoms with Crippen LogP contribution in [0.2, 0.25) is 0 Å². The van der Waals surface area contributed by atoms with Crippen LogP contribution in [-0.4, -0.2) is 6.29 Å². The molecule has 56 valence electrons. The summed E-state index contributed by atoms with van der Waals surface area (Å²) in [6.45, 7) is 0. The molecule has 0 saturated heterocycles. The average Bonchev–Trinajstić information content (AvgIpc) is 2.04. The van der Waals surface area contributed by atoms with Crippen molar-refractivity contribution >= 4 is 27.9 Å². The number of carbonyl (C=O) groups is 1. The molecule has 1 aromatic carbocycles. The molecule has 0 bridgehead atoms. The van der Waals surface area contributed by atoms with E-state index in [0.29, 0.717) is 11.8 Å². The lowest BCUT2D eigenvalue weighted by Gasteiger charge is -1.93. The molecule has 0 unspecified atom stereocenters. The number of halogens is 1. The van der Waals surface area contributed by atoms with E-state index < -0.39 is 0 Å². The molecule has 0 aliphatic heterocycles. The first kappa shape index (κ1) is 8.07. The minimum absolute atomic E-state index is 0.161. The summed E-state index contributed by atoms with van der Waals surface area (Å²) in [5, 5.41) is 2.69. The molecule has 0 aliphatic carbocycles. The molecule has 0 amide bonds. The van der Waals surface area contributed by atoms with Crippen molar-refractivity contribution in [1.29, 1.82) is 0 Å². The molecule has 0 N–H and O–H groups in total. The molecule has 4 heteroatoms. The highest BCUT2D eigenvalue weighted by Crippen LogP contribution is 2.22. The summed E-state index contributed by atoms with van der Waals surface area (Å²) >= 11 is 3.15. The van der Waals surface area contributed by atoms with Crippen LogP contribution in [0, 0.1) is 4.91 Å². The summed E-state index contributed by atoms with van der Waals surface area (Å²) < 4.78 is 0.734. The van der Waals surface area contributed by atoms with Crippen LogP contribution >= 0.6 is 15.9 Å². The highest BCUT2D eigenvalue weighted by molar-refractivity contribution is 9.10. The van der Waals surface area contributed by atoms with Crippen molar-refractivity contribution in [3.8, 4) is 0 Å². The predicted octanol–water partition coefficient (Wildman–Crippen LogP) is 2.66. The summed E-state index contributed by atoms with van der Waals surface area (Å²) in [6, 6.07) is 4.71. The largest absolute Gasteiger partial charge is 0.298 e. The van der Waals surface area contributed by atoms with Crippen molar-refractivity contribution in [3.63, 3.8) is 0 Å². The second kappa shape index (κ2) is 3.39. The molecule has 0 heterocycles. The zero-order chi connectivity index (χ0) is 8.27. The topological polar surface area (TPSA) is 46.5 Å². The van der Waals surface area contributed by atoms with Gasteiger partial charge in [0.15, 0.2) is 6.29 Å². The number of nitroso groups, excluding NO2 is 1. The van der Waals surface area contributed by atoms with Gasteiger partial charge in [-0.2, -0.15) is 0 Å². The van der Waals surface area contributed by atoms with Crippen LogP contribution in [0.3, 0.4) is 0 Å². The Morgan fingerprint density at radius 2 is 2.18 bits per heavy atom. The summed E-state index contributed by atoms with van der Waals surface area (Å²) in [7, 11) is 0. The summed E-state index contributed by atoms with van der Waals surface area (Å²) in [5.41, 5.74) is 0.470. The lowest BCUT2D eigenvalue weighted by molar-refractivity contribution is 0.112. The Morgan fingerprint density at radius 3 is 2.73 bits per heavy atom. The third-order valence-electron chi connectivity index (χ3n) is 1.22. The van der Waals surface area contributed by atoms with Crippen molar-refractivity contribution in [2.45, 2.75) is 0 Å². The summed E-state index contributed by atoms with van der Waals surface area (Å²) in [4.78, 5) is 20.4. The van der Waals surface area contributed by atoms with E-state index in [2.05, 4.69) is 21.1 Å². The van der Waals surface area contributed by atoms with Crippen LogP contribution in [0.1, 0.15) is 10.4 Å². The first-order valence-corrected chi connectivity index (χ1v) is 3.65. The lowest BCUT2D eigenvalue weighted by Crippen LogP contribution is -1.79. The van der Waals surface area contributed by atoms with E-state index in [1.54, 1.807) is 6.07 Å². The molecular formula is C7H4BrNO2. The number of carbonyl (C=O) groups excluding carboxylic acids is 1. The van der Waals surface area contributed by atoms with Crippen molar-refractivity contribution in [1.82, 2.24) is 0 Å². The normalized spacial score (nSPS) is 9.18. The molecular weight excluding hydrogens is 210 g/mol. The van der Waals surface area contributed by atoms with Gasteiger partial charge in [-0.25, -0.2) is 0 Å². The van der Waals surface area contributed by atoms with Gasteiger partial charge in [0.1, 0.15) is 5.69 Å². The molecule has 11 heavy (non-hydrogen) atoms. The van der Waals surface area contributed by atoms with Gasteiger partial charge < -0.3 is 0 Å². The number of hydrogen-bond acceptors (Lipinski definition) is 3. The van der Waals surface area contributed by atoms with Crippen LogP contribution < -0.4 is 0 Å². The third kappa shape index (κ3) is 1.71. The highest BCUT2D eigenvalue weighted by Gasteiger charge is 2.00. The Bertz CT molecular complexity index is 298. The maximum atomic E-state index is 10.3. The van der Waals surface area contributed by atoms with E-state index in [-0.39, 0.29) is 5.69 Å². The summed E-state index contributed by atoms with van der Waals surface area (Å²) in [6.07, 6.45) is 0.600. The number of nitrogens with zero attached hydrogens (tertiary/aromatic N) is 1. The van der Waals surface area contributed by atoms with Gasteiger partial charge in [0, 0.05) is 10.0 Å². The number of rotatable bonds is 2. The van der Waals surface area contributed by atoms with Crippen molar-refractivity contribution < 1.29 is 4.79 Å². The van der Waals surface area contributed by atoms with Crippen LogP contribution in [0.15, 0.2) is 27.8 Å². The quantitative estimate of drug-likeness (QED) is 0.561. The van der Waals surface area contributed by atoms with Crippen LogP contribution in [0.5, 0.6) is 0 Å². The minimum atomic E-state index is 0.161. The standard InChI is InChI=1S/C7H4BrNO2/c8-6-2-1-5(4-10)7(3-6)9-11/h1-4H. The van der Waals surface area contributed by atoms with Crippen molar-refractivity contribution in [2.75, 3.05) is 0 Å². The Balaban J connectivity index is 3.26. The van der Waals surface area contributed by atoms with Crippen LogP contribution in [0.25, 0.3) is 0 Å². The first-order valence-electron chi connectivity index (χ1n) is 2.86. The molecule has 3 nitrogen and oxygen atoms in total. The van der Waals surface area contributed by atoms with Crippen LogP contribution in [-0.2, 0) is 0 Å². The molecule has 1 rings (SSSR count). The average molecular weight is 214 g/mol. The second-order valence-corrected chi connectivity index (χ2v) is 2.83. The Morgan fingerprint density at radius 1 is 1.45 bits per heavy atom. The Hall–Kier alpha value is -1.03. The number of hydrogen-bond donors (Lipinski definition) is 0.